The van der Waals surface area contributed by atoms with Gasteiger partial charge >= 0.3 is 0 Å². The van der Waals surface area contributed by atoms with Gasteiger partial charge in [0.2, 0.25) is 0 Å². The molecule has 1 nitrogen and oxygen atoms in total. The summed E-state index contributed by atoms with van der Waals surface area (Å²) in [6, 6.07) is 12.6. The number of pyridine rings is 1. The van der Waals surface area contributed by atoms with Crippen molar-refractivity contribution in [2.24, 2.45) is 0 Å². The van der Waals surface area contributed by atoms with Gasteiger partial charge in [-0.05, 0) is 73.9 Å². The van der Waals surface area contributed by atoms with Crippen molar-refractivity contribution < 1.29 is 0 Å². The van der Waals surface area contributed by atoms with Gasteiger partial charge in [-0.1, -0.05) is 18.1 Å². The van der Waals surface area contributed by atoms with Gasteiger partial charge in [-0.25, -0.2) is 4.98 Å². The fourth-order valence-electron chi connectivity index (χ4n) is 2.56. The number of benzene rings is 1. The Morgan fingerprint density at radius 2 is 1.79 bits per heavy atom. The van der Waals surface area contributed by atoms with Crippen molar-refractivity contribution in [2.75, 3.05) is 0 Å². The molecular formula is C18H17N. The van der Waals surface area contributed by atoms with Crippen LogP contribution in [0.15, 0.2) is 36.4 Å². The molecule has 0 fully saturated rings. The second-order valence-electron chi connectivity index (χ2n) is 5.10. The molecule has 0 amide bonds. The van der Waals surface area contributed by atoms with Crippen molar-refractivity contribution >= 4 is 0 Å². The minimum absolute atomic E-state index is 0.845. The maximum Gasteiger partial charge on any atom is 0.113 e. The Hall–Kier alpha value is -2.07. The minimum atomic E-state index is 0.845. The van der Waals surface area contributed by atoms with Gasteiger partial charge in [-0.2, -0.15) is 0 Å². The molecule has 3 rings (SSSR count). The highest BCUT2D eigenvalue weighted by atomic mass is 14.7. The molecule has 1 aromatic carbocycles. The number of aromatic nitrogens is 1. The van der Waals surface area contributed by atoms with Crippen LogP contribution in [0.5, 0.6) is 0 Å². The zero-order chi connectivity index (χ0) is 13.1. The second-order valence-corrected chi connectivity index (χ2v) is 5.10. The highest BCUT2D eigenvalue weighted by Gasteiger charge is 2.08. The number of aryl methyl sites for hydroxylation is 3. The van der Waals surface area contributed by atoms with Crippen LogP contribution >= 0.6 is 0 Å². The van der Waals surface area contributed by atoms with Gasteiger partial charge in [0.25, 0.3) is 0 Å². The molecule has 0 saturated heterocycles. The molecule has 0 radical (unpaired) electrons. The van der Waals surface area contributed by atoms with E-state index in [0.717, 1.165) is 17.0 Å². The molecular weight excluding hydrogens is 230 g/mol. The summed E-state index contributed by atoms with van der Waals surface area (Å²) in [6.45, 7) is 1.99. The molecule has 1 aliphatic carbocycles. The van der Waals surface area contributed by atoms with Crippen LogP contribution < -0.4 is 0 Å². The summed E-state index contributed by atoms with van der Waals surface area (Å²) in [5, 5.41) is 0. The van der Waals surface area contributed by atoms with Crippen LogP contribution in [0.2, 0.25) is 0 Å². The Morgan fingerprint density at radius 3 is 2.63 bits per heavy atom. The van der Waals surface area contributed by atoms with Gasteiger partial charge in [0.15, 0.2) is 0 Å². The standard InChI is InChI=1S/C18H17N/c1-14-5-4-8-18(19-14)12-10-15-9-11-16-6-2-3-7-17(16)13-15/h4-5,8-9,11,13H,2-3,6-7H2,1H3. The summed E-state index contributed by atoms with van der Waals surface area (Å²) in [5.41, 5.74) is 5.94. The van der Waals surface area contributed by atoms with E-state index >= 15 is 0 Å². The molecule has 0 bridgehead atoms. The molecule has 2 aromatic rings. The van der Waals surface area contributed by atoms with E-state index in [1.807, 2.05) is 25.1 Å². The normalized spacial score (nSPS) is 13.3. The first-order valence-electron chi connectivity index (χ1n) is 6.89. The van der Waals surface area contributed by atoms with Crippen LogP contribution in [0.3, 0.4) is 0 Å². The number of nitrogens with zero attached hydrogens (tertiary/aromatic N) is 1. The molecule has 1 heteroatoms. The first kappa shape index (κ1) is 12.0. The molecule has 94 valence electrons. The van der Waals surface area contributed by atoms with Crippen molar-refractivity contribution in [1.82, 2.24) is 4.98 Å². The quantitative estimate of drug-likeness (QED) is 0.647. The van der Waals surface area contributed by atoms with Crippen LogP contribution in [-0.2, 0) is 12.8 Å². The first-order valence-corrected chi connectivity index (χ1v) is 6.89. The SMILES string of the molecule is Cc1cccc(C#Cc2ccc3c(c2)CCCC3)n1. The minimum Gasteiger partial charge on any atom is -0.245 e. The van der Waals surface area contributed by atoms with Crippen molar-refractivity contribution in [3.05, 3.63) is 64.5 Å². The summed E-state index contributed by atoms with van der Waals surface area (Å²) in [4.78, 5) is 4.40. The summed E-state index contributed by atoms with van der Waals surface area (Å²) < 4.78 is 0. The highest BCUT2D eigenvalue weighted by Crippen LogP contribution is 2.21. The molecule has 0 spiro atoms. The maximum atomic E-state index is 4.40. The average Bonchev–Trinajstić information content (AvgIpc) is 2.45. The lowest BCUT2D eigenvalue weighted by Crippen LogP contribution is -2.02. The van der Waals surface area contributed by atoms with Crippen LogP contribution in [0, 0.1) is 18.8 Å². The molecule has 0 saturated carbocycles. The predicted octanol–water partition coefficient (Wildman–Crippen LogP) is 3.67. The zero-order valence-corrected chi connectivity index (χ0v) is 11.2. The molecule has 1 aliphatic rings. The fraction of sp³-hybridized carbons (Fsp3) is 0.278. The van der Waals surface area contributed by atoms with Crippen LogP contribution in [0.25, 0.3) is 0 Å². The summed E-state index contributed by atoms with van der Waals surface area (Å²) >= 11 is 0. The zero-order valence-electron chi connectivity index (χ0n) is 11.2. The maximum absolute atomic E-state index is 4.40. The lowest BCUT2D eigenvalue weighted by molar-refractivity contribution is 0.685. The number of rotatable bonds is 0. The highest BCUT2D eigenvalue weighted by molar-refractivity contribution is 5.44. The molecule has 0 atom stereocenters. The van der Waals surface area contributed by atoms with Crippen molar-refractivity contribution in [1.29, 1.82) is 0 Å². The van der Waals surface area contributed by atoms with E-state index in [1.54, 1.807) is 0 Å². The Balaban J connectivity index is 1.88. The van der Waals surface area contributed by atoms with Crippen molar-refractivity contribution in [2.45, 2.75) is 32.6 Å². The molecule has 1 heterocycles. The molecule has 19 heavy (non-hydrogen) atoms. The molecule has 1 aromatic heterocycles. The van der Waals surface area contributed by atoms with Gasteiger partial charge in [0.1, 0.15) is 5.69 Å². The van der Waals surface area contributed by atoms with E-state index in [4.69, 9.17) is 0 Å². The first-order chi connectivity index (χ1) is 9.31. The topological polar surface area (TPSA) is 12.9 Å². The number of fused-ring (bicyclic) bond motifs is 1. The summed E-state index contributed by atoms with van der Waals surface area (Å²) in [5.74, 6) is 6.37. The number of hydrogen-bond donors (Lipinski definition) is 0. The lowest BCUT2D eigenvalue weighted by Gasteiger charge is -2.15. The Kier molecular flexibility index (Phi) is 3.33. The van der Waals surface area contributed by atoms with E-state index in [0.29, 0.717) is 0 Å². The Morgan fingerprint density at radius 1 is 0.947 bits per heavy atom. The van der Waals surface area contributed by atoms with Gasteiger partial charge in [-0.3, -0.25) is 0 Å². The predicted molar refractivity (Wildman–Crippen MR) is 78.0 cm³/mol. The third-order valence-electron chi connectivity index (χ3n) is 3.57. The largest absolute Gasteiger partial charge is 0.245 e. The van der Waals surface area contributed by atoms with E-state index in [9.17, 15) is 0 Å². The smallest absolute Gasteiger partial charge is 0.113 e. The van der Waals surface area contributed by atoms with Gasteiger partial charge in [0, 0.05) is 11.3 Å². The summed E-state index contributed by atoms with van der Waals surface area (Å²) in [6.07, 6.45) is 5.06. The fourth-order valence-corrected chi connectivity index (χ4v) is 2.56. The van der Waals surface area contributed by atoms with E-state index in [-0.39, 0.29) is 0 Å². The van der Waals surface area contributed by atoms with Crippen molar-refractivity contribution in [3.8, 4) is 11.8 Å². The van der Waals surface area contributed by atoms with E-state index in [2.05, 4.69) is 35.0 Å². The summed E-state index contributed by atoms with van der Waals surface area (Å²) in [7, 11) is 0. The molecule has 0 unspecified atom stereocenters. The van der Waals surface area contributed by atoms with Gasteiger partial charge < -0.3 is 0 Å². The number of hydrogen-bond acceptors (Lipinski definition) is 1. The monoisotopic (exact) mass is 247 g/mol. The Labute approximate surface area is 114 Å². The van der Waals surface area contributed by atoms with Crippen LogP contribution in [0.1, 0.15) is 40.9 Å². The van der Waals surface area contributed by atoms with Gasteiger partial charge in [0.05, 0.1) is 0 Å². The van der Waals surface area contributed by atoms with Crippen LogP contribution in [-0.4, -0.2) is 4.98 Å². The van der Waals surface area contributed by atoms with E-state index < -0.39 is 0 Å². The van der Waals surface area contributed by atoms with E-state index in [1.165, 1.54) is 36.8 Å². The lowest BCUT2D eigenvalue weighted by atomic mass is 9.90. The third-order valence-corrected chi connectivity index (χ3v) is 3.57. The molecule has 0 aliphatic heterocycles. The van der Waals surface area contributed by atoms with Crippen LogP contribution in [0.4, 0.5) is 0 Å². The molecule has 0 N–H and O–H groups in total. The Bertz CT molecular complexity index is 659. The third kappa shape index (κ3) is 2.85. The average molecular weight is 247 g/mol. The van der Waals surface area contributed by atoms with Crippen molar-refractivity contribution in [3.63, 3.8) is 0 Å². The van der Waals surface area contributed by atoms with Gasteiger partial charge in [-0.15, -0.1) is 0 Å². The second kappa shape index (κ2) is 5.28.